The molecule has 0 atom stereocenters. The molecule has 1 aliphatic rings. The van der Waals surface area contributed by atoms with Crippen molar-refractivity contribution >= 4 is 34.2 Å². The molecule has 168 valence electrons. The van der Waals surface area contributed by atoms with E-state index in [2.05, 4.69) is 10.6 Å². The Morgan fingerprint density at radius 1 is 0.844 bits per heavy atom. The van der Waals surface area contributed by atoms with Gasteiger partial charge >= 0.3 is 5.69 Å². The molecule has 4 rings (SSSR count). The summed E-state index contributed by atoms with van der Waals surface area (Å²) in [5.41, 5.74) is 2.58. The molecule has 2 amide bonds. The van der Waals surface area contributed by atoms with Crippen LogP contribution < -0.4 is 16.3 Å². The maximum atomic E-state index is 12.7. The van der Waals surface area contributed by atoms with E-state index in [0.717, 1.165) is 24.1 Å². The van der Waals surface area contributed by atoms with Crippen LogP contribution in [0.3, 0.4) is 0 Å². The second-order valence-corrected chi connectivity index (χ2v) is 7.66. The molecule has 0 bridgehead atoms. The van der Waals surface area contributed by atoms with Crippen LogP contribution in [-0.2, 0) is 27.4 Å². The number of anilines is 2. The fraction of sp³-hybridized carbons (Fsp3) is 0.348. The number of aromatic nitrogens is 2. The Labute approximate surface area is 185 Å². The maximum absolute atomic E-state index is 12.7. The highest BCUT2D eigenvalue weighted by Crippen LogP contribution is 2.15. The van der Waals surface area contributed by atoms with Crippen LogP contribution in [0.25, 0.3) is 11.0 Å². The molecule has 1 aliphatic heterocycles. The van der Waals surface area contributed by atoms with E-state index in [1.54, 1.807) is 28.8 Å². The molecule has 3 aromatic rings. The first-order valence-electron chi connectivity index (χ1n) is 10.7. The zero-order valence-corrected chi connectivity index (χ0v) is 18.0. The number of rotatable bonds is 7. The van der Waals surface area contributed by atoms with Gasteiger partial charge in [-0.1, -0.05) is 12.1 Å². The number of nitrogens with zero attached hydrogens (tertiary/aromatic N) is 3. The van der Waals surface area contributed by atoms with Crippen LogP contribution in [0.2, 0.25) is 0 Å². The molecule has 2 heterocycles. The van der Waals surface area contributed by atoms with E-state index in [1.807, 2.05) is 36.1 Å². The average molecular weight is 438 g/mol. The van der Waals surface area contributed by atoms with Gasteiger partial charge in [0.1, 0.15) is 6.54 Å². The van der Waals surface area contributed by atoms with E-state index >= 15 is 0 Å². The molecule has 0 unspecified atom stereocenters. The van der Waals surface area contributed by atoms with Gasteiger partial charge in [0.2, 0.25) is 11.8 Å². The number of fused-ring (bicyclic) bond motifs is 1. The first-order chi connectivity index (χ1) is 15.5. The minimum absolute atomic E-state index is 0.0790. The largest absolute Gasteiger partial charge is 0.379 e. The number of imidazole rings is 1. The number of carbonyl (C=O) groups excluding carboxylic acids is 2. The third-order valence-corrected chi connectivity index (χ3v) is 5.47. The third kappa shape index (κ3) is 4.90. The van der Waals surface area contributed by atoms with Crippen molar-refractivity contribution in [2.24, 2.45) is 0 Å². The van der Waals surface area contributed by atoms with Crippen LogP contribution in [0.5, 0.6) is 0 Å². The summed E-state index contributed by atoms with van der Waals surface area (Å²) in [6.45, 7) is 5.47. The van der Waals surface area contributed by atoms with Gasteiger partial charge in [-0.25, -0.2) is 4.79 Å². The quantitative estimate of drug-likeness (QED) is 0.587. The zero-order chi connectivity index (χ0) is 22.5. The molecule has 32 heavy (non-hydrogen) atoms. The molecular formula is C23H27N5O4. The van der Waals surface area contributed by atoms with E-state index < -0.39 is 0 Å². The van der Waals surface area contributed by atoms with Crippen LogP contribution in [0.4, 0.5) is 11.4 Å². The highest BCUT2D eigenvalue weighted by Gasteiger charge is 2.16. The van der Waals surface area contributed by atoms with Crippen molar-refractivity contribution in [1.29, 1.82) is 0 Å². The van der Waals surface area contributed by atoms with Crippen molar-refractivity contribution in [2.75, 3.05) is 43.5 Å². The molecule has 2 aromatic carbocycles. The normalized spacial score (nSPS) is 14.4. The van der Waals surface area contributed by atoms with Gasteiger partial charge < -0.3 is 15.4 Å². The highest BCUT2D eigenvalue weighted by molar-refractivity contribution is 5.94. The Balaban J connectivity index is 1.36. The Kier molecular flexibility index (Phi) is 6.67. The Bertz CT molecular complexity index is 1160. The summed E-state index contributed by atoms with van der Waals surface area (Å²) in [7, 11) is 0. The third-order valence-electron chi connectivity index (χ3n) is 5.47. The smallest absolute Gasteiger partial charge is 0.329 e. The van der Waals surface area contributed by atoms with Crippen molar-refractivity contribution in [3.63, 3.8) is 0 Å². The van der Waals surface area contributed by atoms with E-state index in [0.29, 0.717) is 37.7 Å². The summed E-state index contributed by atoms with van der Waals surface area (Å²) < 4.78 is 8.42. The molecule has 1 fully saturated rings. The standard InChI is InChI=1S/C23H27N5O4/c1-2-27-19-5-3-4-6-20(19)28(23(27)31)16-22(30)25-18-9-7-17(8-10-18)24-21(29)15-26-11-13-32-14-12-26/h3-10H,2,11-16H2,1H3,(H,24,29)(H,25,30). The number of hydrogen-bond donors (Lipinski definition) is 2. The minimum atomic E-state index is -0.296. The lowest BCUT2D eigenvalue weighted by atomic mass is 10.2. The van der Waals surface area contributed by atoms with Crippen LogP contribution in [0.15, 0.2) is 53.3 Å². The number of carbonyl (C=O) groups is 2. The van der Waals surface area contributed by atoms with E-state index in [4.69, 9.17) is 4.74 Å². The fourth-order valence-electron chi connectivity index (χ4n) is 3.87. The average Bonchev–Trinajstić information content (AvgIpc) is 3.06. The van der Waals surface area contributed by atoms with Gasteiger partial charge in [-0.3, -0.25) is 23.6 Å². The Morgan fingerprint density at radius 2 is 1.38 bits per heavy atom. The summed E-state index contributed by atoms with van der Waals surface area (Å²) in [6.07, 6.45) is 0. The predicted molar refractivity (Wildman–Crippen MR) is 123 cm³/mol. The molecular weight excluding hydrogens is 410 g/mol. The summed E-state index contributed by atoms with van der Waals surface area (Å²) in [5, 5.41) is 5.68. The number of hydrogen-bond acceptors (Lipinski definition) is 5. The number of ether oxygens (including phenoxy) is 1. The fourth-order valence-corrected chi connectivity index (χ4v) is 3.87. The molecule has 2 N–H and O–H groups in total. The van der Waals surface area contributed by atoms with E-state index in [9.17, 15) is 14.4 Å². The molecule has 0 saturated carbocycles. The van der Waals surface area contributed by atoms with Gasteiger partial charge in [-0.2, -0.15) is 0 Å². The number of amides is 2. The summed E-state index contributed by atoms with van der Waals surface area (Å²) in [6, 6.07) is 14.4. The summed E-state index contributed by atoms with van der Waals surface area (Å²) in [5.74, 6) is -0.384. The first kappa shape index (κ1) is 21.8. The van der Waals surface area contributed by atoms with Gasteiger partial charge in [0.05, 0.1) is 30.8 Å². The van der Waals surface area contributed by atoms with Gasteiger partial charge in [0.25, 0.3) is 0 Å². The molecule has 0 radical (unpaired) electrons. The SMILES string of the molecule is CCn1c(=O)n(CC(=O)Nc2ccc(NC(=O)CN3CCOCC3)cc2)c2ccccc21. The summed E-state index contributed by atoms with van der Waals surface area (Å²) in [4.78, 5) is 39.5. The van der Waals surface area contributed by atoms with E-state index in [-0.39, 0.29) is 24.0 Å². The maximum Gasteiger partial charge on any atom is 0.329 e. The number of aryl methyl sites for hydroxylation is 1. The van der Waals surface area contributed by atoms with Crippen LogP contribution in [0.1, 0.15) is 6.92 Å². The lowest BCUT2D eigenvalue weighted by Crippen LogP contribution is -2.41. The minimum Gasteiger partial charge on any atom is -0.379 e. The lowest BCUT2D eigenvalue weighted by Gasteiger charge is -2.25. The Hall–Kier alpha value is -3.43. The first-order valence-corrected chi connectivity index (χ1v) is 10.7. The van der Waals surface area contributed by atoms with Crippen molar-refractivity contribution in [1.82, 2.24) is 14.0 Å². The van der Waals surface area contributed by atoms with Crippen molar-refractivity contribution < 1.29 is 14.3 Å². The second kappa shape index (κ2) is 9.80. The van der Waals surface area contributed by atoms with Crippen LogP contribution in [0, 0.1) is 0 Å². The summed E-state index contributed by atoms with van der Waals surface area (Å²) >= 11 is 0. The number of benzene rings is 2. The Morgan fingerprint density at radius 3 is 1.94 bits per heavy atom. The van der Waals surface area contributed by atoms with Gasteiger partial charge in [-0.15, -0.1) is 0 Å². The van der Waals surface area contributed by atoms with Crippen molar-refractivity contribution in [2.45, 2.75) is 20.0 Å². The van der Waals surface area contributed by atoms with Gasteiger partial charge in [-0.05, 0) is 43.3 Å². The number of para-hydroxylation sites is 2. The second-order valence-electron chi connectivity index (χ2n) is 7.66. The van der Waals surface area contributed by atoms with Gasteiger partial charge in [0, 0.05) is 31.0 Å². The number of nitrogens with one attached hydrogen (secondary N) is 2. The lowest BCUT2D eigenvalue weighted by molar-refractivity contribution is -0.118. The highest BCUT2D eigenvalue weighted by atomic mass is 16.5. The molecule has 1 saturated heterocycles. The molecule has 1 aromatic heterocycles. The van der Waals surface area contributed by atoms with Gasteiger partial charge in [0.15, 0.2) is 0 Å². The van der Waals surface area contributed by atoms with Crippen LogP contribution in [-0.4, -0.2) is 58.7 Å². The monoisotopic (exact) mass is 437 g/mol. The molecule has 9 nitrogen and oxygen atoms in total. The van der Waals surface area contributed by atoms with Crippen LogP contribution >= 0.6 is 0 Å². The van der Waals surface area contributed by atoms with E-state index in [1.165, 1.54) is 4.57 Å². The zero-order valence-electron chi connectivity index (χ0n) is 18.0. The topological polar surface area (TPSA) is 97.6 Å². The molecule has 0 spiro atoms. The number of morpholine rings is 1. The molecule has 9 heteroatoms. The molecule has 0 aliphatic carbocycles. The predicted octanol–water partition coefficient (Wildman–Crippen LogP) is 1.73. The van der Waals surface area contributed by atoms with Crippen molar-refractivity contribution in [3.8, 4) is 0 Å². The van der Waals surface area contributed by atoms with Crippen molar-refractivity contribution in [3.05, 3.63) is 59.0 Å².